The molecule has 0 aliphatic heterocycles. The fourth-order valence-electron chi connectivity index (χ4n) is 2.86. The number of amides is 1. The first kappa shape index (κ1) is 17.7. The summed E-state index contributed by atoms with van der Waals surface area (Å²) < 4.78 is 0. The van der Waals surface area contributed by atoms with Gasteiger partial charge in [-0.05, 0) is 38.0 Å². The molecule has 2 rings (SSSR count). The highest BCUT2D eigenvalue weighted by atomic mass is 16.4. The zero-order chi connectivity index (χ0) is 17.7. The molecule has 0 fully saturated rings. The van der Waals surface area contributed by atoms with E-state index in [1.165, 1.54) is 6.92 Å². The number of carboxylic acids is 1. The highest BCUT2D eigenvalue weighted by Crippen LogP contribution is 2.21. The van der Waals surface area contributed by atoms with Gasteiger partial charge < -0.3 is 15.2 Å². The highest BCUT2D eigenvalue weighted by molar-refractivity contribution is 5.95. The van der Waals surface area contributed by atoms with Crippen molar-refractivity contribution in [1.29, 1.82) is 0 Å². The first-order chi connectivity index (χ1) is 11.4. The maximum Gasteiger partial charge on any atom is 0.228 e. The van der Waals surface area contributed by atoms with Crippen LogP contribution in [-0.2, 0) is 16.0 Å². The largest absolute Gasteiger partial charge is 0.550 e. The van der Waals surface area contributed by atoms with Gasteiger partial charge in [-0.2, -0.15) is 0 Å². The number of hydrogen-bond donors (Lipinski definition) is 1. The van der Waals surface area contributed by atoms with Gasteiger partial charge in [0.05, 0.1) is 5.92 Å². The number of carbonyl (C=O) groups excluding carboxylic acids is 2. The van der Waals surface area contributed by atoms with Crippen LogP contribution >= 0.6 is 0 Å². The van der Waals surface area contributed by atoms with E-state index in [2.05, 4.69) is 5.32 Å². The van der Waals surface area contributed by atoms with E-state index >= 15 is 0 Å². The monoisotopic (exact) mass is 324 g/mol. The van der Waals surface area contributed by atoms with Gasteiger partial charge in [0.2, 0.25) is 5.91 Å². The molecule has 0 radical (unpaired) electrons. The fraction of sp³-hybridized carbons (Fsp3) is 0.300. The predicted octanol–water partition coefficient (Wildman–Crippen LogP) is 2.49. The zero-order valence-corrected chi connectivity index (χ0v) is 14.2. The maximum atomic E-state index is 12.6. The Balaban J connectivity index is 2.24. The Kier molecular flexibility index (Phi) is 5.74. The molecule has 24 heavy (non-hydrogen) atoms. The summed E-state index contributed by atoms with van der Waals surface area (Å²) in [5, 5.41) is 14.1. The number of aliphatic carboxylic acids is 1. The topological polar surface area (TPSA) is 69.2 Å². The van der Waals surface area contributed by atoms with Crippen molar-refractivity contribution in [2.45, 2.75) is 27.2 Å². The maximum absolute atomic E-state index is 12.6. The lowest BCUT2D eigenvalue weighted by Gasteiger charge is -2.24. The molecule has 0 saturated carbocycles. The Labute approximate surface area is 142 Å². The van der Waals surface area contributed by atoms with Crippen molar-refractivity contribution >= 4 is 17.6 Å². The summed E-state index contributed by atoms with van der Waals surface area (Å²) in [5.41, 5.74) is 3.79. The smallest absolute Gasteiger partial charge is 0.228 e. The van der Waals surface area contributed by atoms with Crippen molar-refractivity contribution in [2.24, 2.45) is 11.8 Å². The van der Waals surface area contributed by atoms with Crippen molar-refractivity contribution in [1.82, 2.24) is 0 Å². The third-order valence-electron chi connectivity index (χ3n) is 4.09. The molecule has 2 aromatic rings. The molecule has 0 aromatic heterocycles. The summed E-state index contributed by atoms with van der Waals surface area (Å²) in [4.78, 5) is 24.0. The highest BCUT2D eigenvalue weighted by Gasteiger charge is 2.26. The van der Waals surface area contributed by atoms with Crippen molar-refractivity contribution < 1.29 is 14.7 Å². The number of aryl methyl sites for hydroxylation is 2. The van der Waals surface area contributed by atoms with Gasteiger partial charge in [0, 0.05) is 17.6 Å². The second kappa shape index (κ2) is 7.77. The van der Waals surface area contributed by atoms with Gasteiger partial charge in [-0.25, -0.2) is 0 Å². The first-order valence-electron chi connectivity index (χ1n) is 8.00. The number of hydrogen-bond acceptors (Lipinski definition) is 3. The summed E-state index contributed by atoms with van der Waals surface area (Å²) in [7, 11) is 0. The van der Waals surface area contributed by atoms with E-state index in [0.29, 0.717) is 12.1 Å². The molecular weight excluding hydrogens is 302 g/mol. The van der Waals surface area contributed by atoms with E-state index in [1.807, 2.05) is 50.2 Å². The molecule has 4 nitrogen and oxygen atoms in total. The molecule has 0 unspecified atom stereocenters. The van der Waals surface area contributed by atoms with Crippen LogP contribution in [0.25, 0.3) is 0 Å². The van der Waals surface area contributed by atoms with E-state index in [1.54, 1.807) is 12.1 Å². The predicted molar refractivity (Wildman–Crippen MR) is 92.4 cm³/mol. The van der Waals surface area contributed by atoms with Crippen LogP contribution in [0.3, 0.4) is 0 Å². The molecule has 0 saturated heterocycles. The minimum absolute atomic E-state index is 0.308. The van der Waals surface area contributed by atoms with Crippen LogP contribution in [0.15, 0.2) is 48.5 Å². The van der Waals surface area contributed by atoms with E-state index in [0.717, 1.165) is 16.7 Å². The first-order valence-corrected chi connectivity index (χ1v) is 8.00. The average Bonchev–Trinajstić information content (AvgIpc) is 2.51. The lowest BCUT2D eigenvalue weighted by atomic mass is 9.86. The minimum Gasteiger partial charge on any atom is -0.550 e. The molecule has 0 spiro atoms. The summed E-state index contributed by atoms with van der Waals surface area (Å²) in [6.07, 6.45) is 0.357. The quantitative estimate of drug-likeness (QED) is 0.887. The molecule has 4 heteroatoms. The minimum atomic E-state index is -1.22. The number of para-hydroxylation sites is 1. The number of benzene rings is 2. The van der Waals surface area contributed by atoms with Crippen molar-refractivity contribution in [2.75, 3.05) is 5.32 Å². The van der Waals surface area contributed by atoms with Gasteiger partial charge in [-0.1, -0.05) is 54.4 Å². The van der Waals surface area contributed by atoms with Gasteiger partial charge in [0.15, 0.2) is 0 Å². The second-order valence-corrected chi connectivity index (χ2v) is 6.27. The van der Waals surface area contributed by atoms with Gasteiger partial charge in [-0.3, -0.25) is 4.79 Å². The molecule has 0 aliphatic carbocycles. The van der Waals surface area contributed by atoms with Crippen LogP contribution < -0.4 is 10.4 Å². The Morgan fingerprint density at radius 1 is 1.04 bits per heavy atom. The summed E-state index contributed by atoms with van der Waals surface area (Å²) >= 11 is 0. The average molecular weight is 324 g/mol. The van der Waals surface area contributed by atoms with Gasteiger partial charge >= 0.3 is 0 Å². The van der Waals surface area contributed by atoms with Crippen molar-refractivity contribution in [3.8, 4) is 0 Å². The third-order valence-corrected chi connectivity index (χ3v) is 4.09. The van der Waals surface area contributed by atoms with Crippen LogP contribution in [0.5, 0.6) is 0 Å². The molecule has 1 amide bonds. The lowest BCUT2D eigenvalue weighted by Crippen LogP contribution is -2.40. The number of anilines is 1. The van der Waals surface area contributed by atoms with E-state index in [9.17, 15) is 14.7 Å². The Morgan fingerprint density at radius 2 is 1.62 bits per heavy atom. The molecular formula is C20H22NO3-. The van der Waals surface area contributed by atoms with E-state index < -0.39 is 17.8 Å². The van der Waals surface area contributed by atoms with Gasteiger partial charge in [-0.15, -0.1) is 0 Å². The zero-order valence-electron chi connectivity index (χ0n) is 14.2. The number of nitrogens with one attached hydrogen (secondary N) is 1. The molecule has 126 valence electrons. The van der Waals surface area contributed by atoms with Gasteiger partial charge in [0.1, 0.15) is 0 Å². The summed E-state index contributed by atoms with van der Waals surface area (Å²) in [6, 6.07) is 15.0. The molecule has 2 atom stereocenters. The lowest BCUT2D eigenvalue weighted by molar-refractivity contribution is -0.312. The van der Waals surface area contributed by atoms with Gasteiger partial charge in [0.25, 0.3) is 0 Å². The molecule has 1 N–H and O–H groups in total. The normalized spacial score (nSPS) is 13.1. The van der Waals surface area contributed by atoms with Crippen molar-refractivity contribution in [3.05, 3.63) is 65.2 Å². The molecule has 0 bridgehead atoms. The van der Waals surface area contributed by atoms with Crippen LogP contribution in [0, 0.1) is 25.7 Å². The summed E-state index contributed by atoms with van der Waals surface area (Å²) in [6.45, 7) is 5.49. The summed E-state index contributed by atoms with van der Waals surface area (Å²) in [5.74, 6) is -3.10. The number of carbonyl (C=O) groups is 2. The Morgan fingerprint density at radius 3 is 2.17 bits per heavy atom. The SMILES string of the molecule is Cc1cc(C)cc(C[C@@H](C(=O)Nc2ccccc2)[C@H](C)C(=O)[O-])c1. The van der Waals surface area contributed by atoms with Crippen LogP contribution in [0.1, 0.15) is 23.6 Å². The standard InChI is InChI=1S/C20H23NO3/c1-13-9-14(2)11-16(10-13)12-18(15(3)20(23)24)19(22)21-17-7-5-4-6-8-17/h4-11,15,18H,12H2,1-3H3,(H,21,22)(H,23,24)/p-1/t15-,18+/m0/s1. The number of carboxylic acid groups (broad SMARTS) is 1. The van der Waals surface area contributed by atoms with E-state index in [-0.39, 0.29) is 5.91 Å². The molecule has 2 aromatic carbocycles. The third kappa shape index (κ3) is 4.69. The van der Waals surface area contributed by atoms with Crippen LogP contribution in [-0.4, -0.2) is 11.9 Å². The van der Waals surface area contributed by atoms with Crippen molar-refractivity contribution in [3.63, 3.8) is 0 Å². The molecule has 0 aliphatic rings. The Bertz CT molecular complexity index is 705. The van der Waals surface area contributed by atoms with Crippen LogP contribution in [0.2, 0.25) is 0 Å². The fourth-order valence-corrected chi connectivity index (χ4v) is 2.86. The van der Waals surface area contributed by atoms with Crippen LogP contribution in [0.4, 0.5) is 5.69 Å². The Hall–Kier alpha value is -2.62. The number of rotatable bonds is 6. The second-order valence-electron chi connectivity index (χ2n) is 6.27. The molecule has 0 heterocycles. The van der Waals surface area contributed by atoms with E-state index in [4.69, 9.17) is 0 Å².